The zero-order valence-electron chi connectivity index (χ0n) is 15.6. The Morgan fingerprint density at radius 2 is 1.86 bits per heavy atom. The Kier molecular flexibility index (Phi) is 8.28. The molecule has 0 saturated carbocycles. The fourth-order valence-corrected chi connectivity index (χ4v) is 2.63. The molecular formula is C19H19BrN4O5. The molecule has 29 heavy (non-hydrogen) atoms. The summed E-state index contributed by atoms with van der Waals surface area (Å²) in [5, 5.41) is 17.3. The zero-order valence-corrected chi connectivity index (χ0v) is 17.1. The number of amides is 2. The highest BCUT2D eigenvalue weighted by Gasteiger charge is 2.11. The summed E-state index contributed by atoms with van der Waals surface area (Å²) in [7, 11) is 0. The molecule has 10 heteroatoms. The number of hydrogen-bond acceptors (Lipinski definition) is 6. The first-order valence-electron chi connectivity index (χ1n) is 8.67. The molecule has 0 fully saturated rings. The molecule has 0 unspecified atom stereocenters. The van der Waals surface area contributed by atoms with Gasteiger partial charge in [-0.25, -0.2) is 5.43 Å². The number of nitrogens with zero attached hydrogens (tertiary/aromatic N) is 2. The van der Waals surface area contributed by atoms with E-state index in [4.69, 9.17) is 4.74 Å². The van der Waals surface area contributed by atoms with E-state index in [0.717, 1.165) is 0 Å². The highest BCUT2D eigenvalue weighted by atomic mass is 79.9. The van der Waals surface area contributed by atoms with E-state index in [1.54, 1.807) is 30.3 Å². The van der Waals surface area contributed by atoms with Crippen molar-refractivity contribution < 1.29 is 19.2 Å². The third kappa shape index (κ3) is 7.34. The van der Waals surface area contributed by atoms with Crippen LogP contribution >= 0.6 is 15.9 Å². The molecule has 2 rings (SSSR count). The van der Waals surface area contributed by atoms with E-state index >= 15 is 0 Å². The smallest absolute Gasteiger partial charge is 0.284 e. The summed E-state index contributed by atoms with van der Waals surface area (Å²) in [5.41, 5.74) is 3.24. The van der Waals surface area contributed by atoms with Crippen molar-refractivity contribution in [3.63, 3.8) is 0 Å². The van der Waals surface area contributed by atoms with Crippen LogP contribution in [0.2, 0.25) is 0 Å². The monoisotopic (exact) mass is 462 g/mol. The molecule has 2 N–H and O–H groups in total. The van der Waals surface area contributed by atoms with E-state index in [0.29, 0.717) is 28.1 Å². The number of carbonyl (C=O) groups is 2. The van der Waals surface area contributed by atoms with Gasteiger partial charge in [-0.15, -0.1) is 0 Å². The number of benzene rings is 2. The van der Waals surface area contributed by atoms with E-state index in [-0.39, 0.29) is 24.4 Å². The predicted molar refractivity (Wildman–Crippen MR) is 112 cm³/mol. The number of nitrogens with one attached hydrogen (secondary N) is 2. The summed E-state index contributed by atoms with van der Waals surface area (Å²) in [6, 6.07) is 11.4. The van der Waals surface area contributed by atoms with Crippen molar-refractivity contribution in [2.75, 3.05) is 11.9 Å². The maximum atomic E-state index is 11.9. The van der Waals surface area contributed by atoms with Crippen LogP contribution < -0.4 is 15.5 Å². The van der Waals surface area contributed by atoms with Crippen LogP contribution in [0.4, 0.5) is 11.4 Å². The van der Waals surface area contributed by atoms with Crippen LogP contribution in [0, 0.1) is 10.1 Å². The van der Waals surface area contributed by atoms with Crippen molar-refractivity contribution >= 4 is 45.3 Å². The van der Waals surface area contributed by atoms with Crippen LogP contribution in [0.15, 0.2) is 52.0 Å². The first-order valence-corrected chi connectivity index (χ1v) is 9.47. The lowest BCUT2D eigenvalue weighted by Crippen LogP contribution is -2.20. The van der Waals surface area contributed by atoms with Crippen LogP contribution in [0.5, 0.6) is 5.75 Å². The number of nitro benzene ring substituents is 1. The number of ether oxygens (including phenoxy) is 1. The lowest BCUT2D eigenvalue weighted by Gasteiger charge is -2.07. The molecule has 0 aliphatic rings. The summed E-state index contributed by atoms with van der Waals surface area (Å²) < 4.78 is 5.67. The Bertz CT molecular complexity index is 915. The minimum atomic E-state index is -0.525. The number of rotatable bonds is 9. The fourth-order valence-electron chi connectivity index (χ4n) is 2.24. The molecule has 0 bridgehead atoms. The molecule has 9 nitrogen and oxygen atoms in total. The summed E-state index contributed by atoms with van der Waals surface area (Å²) in [6.07, 6.45) is 1.22. The van der Waals surface area contributed by atoms with Gasteiger partial charge < -0.3 is 10.1 Å². The lowest BCUT2D eigenvalue weighted by atomic mass is 10.2. The molecule has 2 aromatic rings. The van der Waals surface area contributed by atoms with Crippen molar-refractivity contribution in [3.05, 3.63) is 62.6 Å². The van der Waals surface area contributed by atoms with Crippen molar-refractivity contribution in [1.29, 1.82) is 0 Å². The topological polar surface area (TPSA) is 123 Å². The average Bonchev–Trinajstić information content (AvgIpc) is 2.69. The summed E-state index contributed by atoms with van der Waals surface area (Å²) in [6.45, 7) is 2.44. The normalized spacial score (nSPS) is 10.6. The van der Waals surface area contributed by atoms with Gasteiger partial charge >= 0.3 is 0 Å². The Balaban J connectivity index is 1.77. The van der Waals surface area contributed by atoms with Crippen LogP contribution in [0.1, 0.15) is 25.3 Å². The third-order valence-electron chi connectivity index (χ3n) is 3.60. The first kappa shape index (κ1) is 22.0. The van der Waals surface area contributed by atoms with Gasteiger partial charge in [-0.2, -0.15) is 5.10 Å². The minimum Gasteiger partial charge on any atom is -0.494 e. The lowest BCUT2D eigenvalue weighted by molar-refractivity contribution is -0.385. The summed E-state index contributed by atoms with van der Waals surface area (Å²) in [5.74, 6) is -0.0506. The van der Waals surface area contributed by atoms with Crippen LogP contribution in [-0.4, -0.2) is 29.6 Å². The van der Waals surface area contributed by atoms with Gasteiger partial charge in [0, 0.05) is 30.2 Å². The van der Waals surface area contributed by atoms with E-state index in [2.05, 4.69) is 31.8 Å². The van der Waals surface area contributed by atoms with Crippen LogP contribution in [-0.2, 0) is 9.59 Å². The van der Waals surface area contributed by atoms with Crippen molar-refractivity contribution in [3.8, 4) is 5.75 Å². The fraction of sp³-hybridized carbons (Fsp3) is 0.211. The molecule has 0 aliphatic heterocycles. The highest BCUT2D eigenvalue weighted by Crippen LogP contribution is 2.24. The zero-order chi connectivity index (χ0) is 21.2. The molecule has 152 valence electrons. The number of halogens is 1. The van der Waals surface area contributed by atoms with Gasteiger partial charge in [0.1, 0.15) is 5.75 Å². The van der Waals surface area contributed by atoms with Crippen molar-refractivity contribution in [2.45, 2.75) is 19.8 Å². The highest BCUT2D eigenvalue weighted by molar-refractivity contribution is 9.10. The average molecular weight is 463 g/mol. The quantitative estimate of drug-likeness (QED) is 0.334. The Morgan fingerprint density at radius 3 is 2.52 bits per heavy atom. The Labute approximate surface area is 175 Å². The minimum absolute atomic E-state index is 0.0156. The number of nitro groups is 1. The molecule has 2 amide bonds. The van der Waals surface area contributed by atoms with E-state index in [1.807, 2.05) is 6.92 Å². The number of hydrogen-bond donors (Lipinski definition) is 2. The molecule has 0 spiro atoms. The Morgan fingerprint density at radius 1 is 1.17 bits per heavy atom. The maximum absolute atomic E-state index is 11.9. The van der Waals surface area contributed by atoms with Gasteiger partial charge in [0.15, 0.2) is 0 Å². The largest absolute Gasteiger partial charge is 0.494 e. The first-order chi connectivity index (χ1) is 13.9. The predicted octanol–water partition coefficient (Wildman–Crippen LogP) is 3.63. The molecule has 0 radical (unpaired) electrons. The van der Waals surface area contributed by atoms with Gasteiger partial charge in [0.25, 0.3) is 5.69 Å². The number of hydrazone groups is 1. The van der Waals surface area contributed by atoms with Gasteiger partial charge in [-0.3, -0.25) is 19.7 Å². The molecule has 0 aliphatic carbocycles. The summed E-state index contributed by atoms with van der Waals surface area (Å²) >= 11 is 3.09. The van der Waals surface area contributed by atoms with E-state index < -0.39 is 10.8 Å². The maximum Gasteiger partial charge on any atom is 0.284 e. The molecule has 0 saturated heterocycles. The van der Waals surface area contributed by atoms with E-state index in [1.165, 1.54) is 18.3 Å². The second-order valence-corrected chi connectivity index (χ2v) is 6.62. The Hall–Kier alpha value is -3.27. The molecule has 0 aromatic heterocycles. The van der Waals surface area contributed by atoms with Crippen LogP contribution in [0.3, 0.4) is 0 Å². The van der Waals surface area contributed by atoms with Gasteiger partial charge in [-0.05, 0) is 53.2 Å². The second kappa shape index (κ2) is 10.9. The second-order valence-electron chi connectivity index (χ2n) is 5.77. The molecule has 0 atom stereocenters. The van der Waals surface area contributed by atoms with Crippen molar-refractivity contribution in [2.24, 2.45) is 5.10 Å². The molecular weight excluding hydrogens is 444 g/mol. The van der Waals surface area contributed by atoms with E-state index in [9.17, 15) is 19.7 Å². The SMILES string of the molecule is CCOc1ccc(NC(=O)CCC(=O)NN=Cc2ccc(Br)c([N+](=O)[O-])c2)cc1. The van der Waals surface area contributed by atoms with Crippen LogP contribution in [0.25, 0.3) is 0 Å². The number of carbonyl (C=O) groups excluding carboxylic acids is 2. The van der Waals surface area contributed by atoms with Gasteiger partial charge in [-0.1, -0.05) is 6.07 Å². The molecule has 0 heterocycles. The van der Waals surface area contributed by atoms with Gasteiger partial charge in [0.2, 0.25) is 11.8 Å². The van der Waals surface area contributed by atoms with Crippen molar-refractivity contribution in [1.82, 2.24) is 5.43 Å². The third-order valence-corrected chi connectivity index (χ3v) is 4.27. The summed E-state index contributed by atoms with van der Waals surface area (Å²) in [4.78, 5) is 34.1. The number of anilines is 1. The van der Waals surface area contributed by atoms with Gasteiger partial charge in [0.05, 0.1) is 22.2 Å². The standard InChI is InChI=1S/C19H19BrN4O5/c1-2-29-15-6-4-14(5-7-15)22-18(25)9-10-19(26)23-21-12-13-3-8-16(20)17(11-13)24(27)28/h3-8,11-12H,2,9-10H2,1H3,(H,22,25)(H,23,26). The molecule has 2 aromatic carbocycles.